The van der Waals surface area contributed by atoms with Gasteiger partial charge in [0.2, 0.25) is 5.91 Å². The predicted molar refractivity (Wildman–Crippen MR) is 104 cm³/mol. The van der Waals surface area contributed by atoms with E-state index in [1.54, 1.807) is 6.07 Å². The molecule has 8 heteroatoms. The maximum absolute atomic E-state index is 13.0. The molecule has 1 unspecified atom stereocenters. The number of amides is 1. The number of nitrogens with one attached hydrogen (secondary N) is 1. The molecule has 26 heavy (non-hydrogen) atoms. The first kappa shape index (κ1) is 19.8. The Morgan fingerprint density at radius 1 is 1.23 bits per heavy atom. The Balaban J connectivity index is 1.66. The van der Waals surface area contributed by atoms with Crippen LogP contribution in [0.5, 0.6) is 0 Å². The van der Waals surface area contributed by atoms with Gasteiger partial charge in [-0.3, -0.25) is 4.79 Å². The average molecular weight is 400 g/mol. The smallest absolute Gasteiger partial charge is 0.253 e. The van der Waals surface area contributed by atoms with Crippen LogP contribution < -0.4 is 5.32 Å². The SMILES string of the molecule is CNCCC1CCN(C(=O)C2CCCN2S(=O)(=O)c2ccc(C)s2)CC1. The molecule has 0 saturated carbocycles. The van der Waals surface area contributed by atoms with Gasteiger partial charge in [-0.25, -0.2) is 8.42 Å². The summed E-state index contributed by atoms with van der Waals surface area (Å²) in [6, 6.07) is 2.94. The van der Waals surface area contributed by atoms with E-state index in [1.807, 2.05) is 24.9 Å². The molecule has 1 atom stereocenters. The third kappa shape index (κ3) is 4.13. The van der Waals surface area contributed by atoms with Crippen molar-refractivity contribution in [2.75, 3.05) is 33.2 Å². The maximum atomic E-state index is 13.0. The molecule has 0 bridgehead atoms. The van der Waals surface area contributed by atoms with Crippen LogP contribution >= 0.6 is 11.3 Å². The second kappa shape index (κ2) is 8.37. The van der Waals surface area contributed by atoms with Gasteiger partial charge in [-0.15, -0.1) is 11.3 Å². The van der Waals surface area contributed by atoms with Gasteiger partial charge in [-0.05, 0) is 70.7 Å². The number of sulfonamides is 1. The van der Waals surface area contributed by atoms with Gasteiger partial charge in [0, 0.05) is 24.5 Å². The van der Waals surface area contributed by atoms with Crippen LogP contribution in [0.15, 0.2) is 16.3 Å². The predicted octanol–water partition coefficient (Wildman–Crippen LogP) is 2.06. The summed E-state index contributed by atoms with van der Waals surface area (Å²) in [7, 11) is -1.62. The van der Waals surface area contributed by atoms with Crippen LogP contribution in [0, 0.1) is 12.8 Å². The van der Waals surface area contributed by atoms with Crippen molar-refractivity contribution < 1.29 is 13.2 Å². The second-order valence-corrected chi connectivity index (χ2v) is 10.7. The number of likely N-dealkylation sites (tertiary alicyclic amines) is 1. The van der Waals surface area contributed by atoms with Crippen LogP contribution in [0.3, 0.4) is 0 Å². The average Bonchev–Trinajstić information content (AvgIpc) is 3.29. The van der Waals surface area contributed by atoms with Crippen molar-refractivity contribution in [2.24, 2.45) is 5.92 Å². The molecule has 2 saturated heterocycles. The summed E-state index contributed by atoms with van der Waals surface area (Å²) in [4.78, 5) is 15.9. The van der Waals surface area contributed by atoms with E-state index in [9.17, 15) is 13.2 Å². The maximum Gasteiger partial charge on any atom is 0.253 e. The molecule has 146 valence electrons. The van der Waals surface area contributed by atoms with Crippen LogP contribution in [-0.2, 0) is 14.8 Å². The molecule has 0 radical (unpaired) electrons. The zero-order valence-corrected chi connectivity index (χ0v) is 17.2. The molecule has 1 aromatic heterocycles. The third-order valence-corrected chi connectivity index (χ3v) is 8.87. The van der Waals surface area contributed by atoms with Crippen LogP contribution in [0.1, 0.15) is 37.0 Å². The minimum atomic E-state index is -3.58. The number of aryl methyl sites for hydroxylation is 1. The molecule has 0 aliphatic carbocycles. The lowest BCUT2D eigenvalue weighted by Crippen LogP contribution is -2.49. The van der Waals surface area contributed by atoms with Gasteiger partial charge in [-0.1, -0.05) is 0 Å². The summed E-state index contributed by atoms with van der Waals surface area (Å²) in [6.07, 6.45) is 4.54. The number of rotatable bonds is 6. The quantitative estimate of drug-likeness (QED) is 0.795. The summed E-state index contributed by atoms with van der Waals surface area (Å²) in [6.45, 7) is 4.84. The van der Waals surface area contributed by atoms with E-state index in [-0.39, 0.29) is 5.91 Å². The summed E-state index contributed by atoms with van der Waals surface area (Å²) < 4.78 is 27.7. The molecule has 2 aliphatic rings. The zero-order valence-electron chi connectivity index (χ0n) is 15.6. The van der Waals surface area contributed by atoms with Crippen LogP contribution in [0.25, 0.3) is 0 Å². The second-order valence-electron chi connectivity index (χ2n) is 7.30. The van der Waals surface area contributed by atoms with Crippen molar-refractivity contribution in [3.63, 3.8) is 0 Å². The van der Waals surface area contributed by atoms with Crippen molar-refractivity contribution >= 4 is 27.3 Å². The molecule has 3 heterocycles. The lowest BCUT2D eigenvalue weighted by Gasteiger charge is -2.35. The Morgan fingerprint density at radius 3 is 2.58 bits per heavy atom. The van der Waals surface area contributed by atoms with E-state index in [2.05, 4.69) is 5.32 Å². The third-order valence-electron chi connectivity index (χ3n) is 5.50. The van der Waals surface area contributed by atoms with Crippen molar-refractivity contribution in [1.82, 2.24) is 14.5 Å². The Labute approximate surface area is 160 Å². The standard InChI is InChI=1S/C18H29N3O3S2/c1-14-5-6-17(25-14)26(23,24)21-11-3-4-16(21)18(22)20-12-8-15(9-13-20)7-10-19-2/h5-6,15-16,19H,3-4,7-13H2,1-2H3. The molecule has 2 aliphatic heterocycles. The van der Waals surface area contributed by atoms with Crippen molar-refractivity contribution in [1.29, 1.82) is 0 Å². The van der Waals surface area contributed by atoms with Crippen LogP contribution in [0.2, 0.25) is 0 Å². The summed E-state index contributed by atoms with van der Waals surface area (Å²) >= 11 is 1.28. The van der Waals surface area contributed by atoms with Gasteiger partial charge in [0.1, 0.15) is 10.3 Å². The first-order valence-corrected chi connectivity index (χ1v) is 11.7. The topological polar surface area (TPSA) is 69.7 Å². The molecule has 3 rings (SSSR count). The molecule has 2 fully saturated rings. The van der Waals surface area contributed by atoms with Gasteiger partial charge in [0.05, 0.1) is 0 Å². The van der Waals surface area contributed by atoms with E-state index < -0.39 is 16.1 Å². The van der Waals surface area contributed by atoms with Crippen molar-refractivity contribution in [3.05, 3.63) is 17.0 Å². The van der Waals surface area contributed by atoms with Crippen LogP contribution in [-0.4, -0.2) is 62.8 Å². The Morgan fingerprint density at radius 2 is 1.96 bits per heavy atom. The number of hydrogen-bond acceptors (Lipinski definition) is 5. The van der Waals surface area contributed by atoms with Gasteiger partial charge in [0.25, 0.3) is 10.0 Å². The fourth-order valence-corrected chi connectivity index (χ4v) is 7.01. The Hall–Kier alpha value is -0.960. The minimum Gasteiger partial charge on any atom is -0.341 e. The normalized spacial score (nSPS) is 22.8. The summed E-state index contributed by atoms with van der Waals surface area (Å²) in [5.74, 6) is 0.649. The first-order chi connectivity index (χ1) is 12.4. The highest BCUT2D eigenvalue weighted by molar-refractivity contribution is 7.91. The fraction of sp³-hybridized carbons (Fsp3) is 0.722. The molecular weight excluding hydrogens is 370 g/mol. The number of carbonyl (C=O) groups is 1. The highest BCUT2D eigenvalue weighted by atomic mass is 32.2. The number of thiophene rings is 1. The minimum absolute atomic E-state index is 0.00794. The number of piperidine rings is 1. The number of hydrogen-bond donors (Lipinski definition) is 1. The molecule has 1 amide bonds. The van der Waals surface area contributed by atoms with Crippen LogP contribution in [0.4, 0.5) is 0 Å². The first-order valence-electron chi connectivity index (χ1n) is 9.45. The largest absolute Gasteiger partial charge is 0.341 e. The van der Waals surface area contributed by atoms with Gasteiger partial charge < -0.3 is 10.2 Å². The summed E-state index contributed by atoms with van der Waals surface area (Å²) in [5, 5.41) is 3.18. The van der Waals surface area contributed by atoms with E-state index in [0.29, 0.717) is 23.1 Å². The van der Waals surface area contributed by atoms with E-state index in [1.165, 1.54) is 15.6 Å². The Bertz CT molecular complexity index is 724. The molecule has 1 aromatic rings. The van der Waals surface area contributed by atoms with E-state index in [4.69, 9.17) is 0 Å². The number of nitrogens with zero attached hydrogens (tertiary/aromatic N) is 2. The molecule has 0 aromatic carbocycles. The molecule has 0 spiro atoms. The monoisotopic (exact) mass is 399 g/mol. The highest BCUT2D eigenvalue weighted by Gasteiger charge is 2.42. The number of carbonyl (C=O) groups excluding carboxylic acids is 1. The molecule has 1 N–H and O–H groups in total. The highest BCUT2D eigenvalue weighted by Crippen LogP contribution is 2.31. The van der Waals surface area contributed by atoms with Gasteiger partial charge in [0.15, 0.2) is 0 Å². The zero-order chi connectivity index (χ0) is 18.7. The van der Waals surface area contributed by atoms with Gasteiger partial charge in [-0.2, -0.15) is 4.31 Å². The summed E-state index contributed by atoms with van der Waals surface area (Å²) in [5.41, 5.74) is 0. The molecule has 6 nitrogen and oxygen atoms in total. The lowest BCUT2D eigenvalue weighted by molar-refractivity contribution is -0.136. The van der Waals surface area contributed by atoms with E-state index >= 15 is 0 Å². The van der Waals surface area contributed by atoms with Gasteiger partial charge >= 0.3 is 0 Å². The van der Waals surface area contributed by atoms with Crippen molar-refractivity contribution in [3.8, 4) is 0 Å². The lowest BCUT2D eigenvalue weighted by atomic mass is 9.93. The van der Waals surface area contributed by atoms with E-state index in [0.717, 1.165) is 50.2 Å². The Kier molecular flexibility index (Phi) is 6.37. The molecular formula is C18H29N3O3S2. The van der Waals surface area contributed by atoms with Crippen molar-refractivity contribution in [2.45, 2.75) is 49.3 Å². The fourth-order valence-electron chi connectivity index (χ4n) is 3.94.